The largest absolute Gasteiger partial charge is 0.497 e. The summed E-state index contributed by atoms with van der Waals surface area (Å²) in [7, 11) is 3.42. The van der Waals surface area contributed by atoms with Crippen molar-refractivity contribution in [3.8, 4) is 17.1 Å². The molecule has 1 aromatic heterocycles. The Bertz CT molecular complexity index is 1390. The summed E-state index contributed by atoms with van der Waals surface area (Å²) in [5.74, 6) is 1.08. The number of rotatable bonds is 8. The molecule has 0 atom stereocenters. The van der Waals surface area contributed by atoms with Gasteiger partial charge in [-0.05, 0) is 66.7 Å². The first kappa shape index (κ1) is 25.6. The Balaban J connectivity index is 1.35. The molecule has 2 N–H and O–H groups in total. The molecule has 0 aliphatic carbocycles. The van der Waals surface area contributed by atoms with Gasteiger partial charge >= 0.3 is 0 Å². The third-order valence-electron chi connectivity index (χ3n) is 5.12. The minimum absolute atomic E-state index is 0.156. The maximum atomic E-state index is 12.5. The molecule has 184 valence electrons. The van der Waals surface area contributed by atoms with Crippen molar-refractivity contribution < 1.29 is 14.3 Å². The summed E-state index contributed by atoms with van der Waals surface area (Å²) in [6, 6.07) is 19.0. The van der Waals surface area contributed by atoms with Crippen molar-refractivity contribution >= 4 is 58.2 Å². The predicted molar refractivity (Wildman–Crippen MR) is 143 cm³/mol. The standard InChI is InChI=1S/C25H21Cl2N5O3S/c1-32-23(30-31-25(32)36-14-22(33)28-17-8-10-19(35-2)11-9-17)15-3-6-18(7-4-15)29-24(34)16-5-12-20(26)21(27)13-16/h3-13H,14H2,1-2H3,(H,28,33)(H,29,34). The number of carbonyl (C=O) groups excluding carboxylic acids is 2. The van der Waals surface area contributed by atoms with Gasteiger partial charge in [-0.1, -0.05) is 35.0 Å². The number of ether oxygens (including phenoxy) is 1. The highest BCUT2D eigenvalue weighted by atomic mass is 35.5. The van der Waals surface area contributed by atoms with Crippen molar-refractivity contribution in [1.29, 1.82) is 0 Å². The third kappa shape index (κ3) is 6.17. The van der Waals surface area contributed by atoms with Crippen LogP contribution < -0.4 is 15.4 Å². The van der Waals surface area contributed by atoms with Crippen molar-refractivity contribution in [2.75, 3.05) is 23.5 Å². The molecule has 0 radical (unpaired) electrons. The Kier molecular flexibility index (Phi) is 8.14. The molecule has 4 aromatic rings. The van der Waals surface area contributed by atoms with Crippen molar-refractivity contribution in [2.45, 2.75) is 5.16 Å². The maximum absolute atomic E-state index is 12.5. The summed E-state index contributed by atoms with van der Waals surface area (Å²) in [6.45, 7) is 0. The minimum atomic E-state index is -0.299. The van der Waals surface area contributed by atoms with E-state index in [1.54, 1.807) is 55.6 Å². The first-order valence-electron chi connectivity index (χ1n) is 10.7. The number of amides is 2. The Morgan fingerprint density at radius 1 is 0.917 bits per heavy atom. The average molecular weight is 542 g/mol. The zero-order valence-electron chi connectivity index (χ0n) is 19.3. The van der Waals surface area contributed by atoms with Gasteiger partial charge in [-0.3, -0.25) is 9.59 Å². The monoisotopic (exact) mass is 541 g/mol. The van der Waals surface area contributed by atoms with Crippen molar-refractivity contribution in [2.24, 2.45) is 7.05 Å². The van der Waals surface area contributed by atoms with Gasteiger partial charge in [0.1, 0.15) is 5.75 Å². The Labute approximate surface area is 222 Å². The average Bonchev–Trinajstić information content (AvgIpc) is 3.25. The lowest BCUT2D eigenvalue weighted by Gasteiger charge is -2.08. The molecular formula is C25H21Cl2N5O3S. The van der Waals surface area contributed by atoms with E-state index in [4.69, 9.17) is 27.9 Å². The van der Waals surface area contributed by atoms with Gasteiger partial charge in [0.25, 0.3) is 5.91 Å². The summed E-state index contributed by atoms with van der Waals surface area (Å²) < 4.78 is 6.93. The van der Waals surface area contributed by atoms with Gasteiger partial charge in [-0.25, -0.2) is 0 Å². The van der Waals surface area contributed by atoms with E-state index in [2.05, 4.69) is 20.8 Å². The second kappa shape index (κ2) is 11.5. The van der Waals surface area contributed by atoms with Gasteiger partial charge in [-0.15, -0.1) is 10.2 Å². The molecule has 0 bridgehead atoms. The summed E-state index contributed by atoms with van der Waals surface area (Å²) in [5.41, 5.74) is 2.51. The molecule has 1 heterocycles. The SMILES string of the molecule is COc1ccc(NC(=O)CSc2nnc(-c3ccc(NC(=O)c4ccc(Cl)c(Cl)c4)cc3)n2C)cc1. The van der Waals surface area contributed by atoms with Gasteiger partial charge in [0.2, 0.25) is 5.91 Å². The van der Waals surface area contributed by atoms with E-state index in [1.807, 2.05) is 23.7 Å². The van der Waals surface area contributed by atoms with E-state index < -0.39 is 0 Å². The predicted octanol–water partition coefficient (Wildman–Crippen LogP) is 5.78. The molecular weight excluding hydrogens is 521 g/mol. The van der Waals surface area contributed by atoms with Gasteiger partial charge in [0.15, 0.2) is 11.0 Å². The van der Waals surface area contributed by atoms with Crippen molar-refractivity contribution in [1.82, 2.24) is 14.8 Å². The van der Waals surface area contributed by atoms with Crippen LogP contribution in [0.15, 0.2) is 71.9 Å². The quantitative estimate of drug-likeness (QED) is 0.274. The fraction of sp³-hybridized carbons (Fsp3) is 0.120. The lowest BCUT2D eigenvalue weighted by atomic mass is 10.1. The summed E-state index contributed by atoms with van der Waals surface area (Å²) in [6.07, 6.45) is 0. The Morgan fingerprint density at radius 3 is 2.25 bits per heavy atom. The molecule has 11 heteroatoms. The van der Waals surface area contributed by atoms with Crippen LogP contribution in [0.5, 0.6) is 5.75 Å². The summed E-state index contributed by atoms with van der Waals surface area (Å²) in [4.78, 5) is 24.8. The van der Waals surface area contributed by atoms with Gasteiger partial charge in [0.05, 0.1) is 22.9 Å². The van der Waals surface area contributed by atoms with E-state index in [0.717, 1.165) is 11.3 Å². The zero-order chi connectivity index (χ0) is 25.7. The number of anilines is 2. The van der Waals surface area contributed by atoms with Crippen LogP contribution in [-0.2, 0) is 11.8 Å². The normalized spacial score (nSPS) is 10.7. The first-order valence-corrected chi connectivity index (χ1v) is 12.4. The van der Waals surface area contributed by atoms with Crippen LogP contribution in [0.25, 0.3) is 11.4 Å². The molecule has 0 aliphatic heterocycles. The zero-order valence-corrected chi connectivity index (χ0v) is 21.6. The second-order valence-corrected chi connectivity index (χ2v) is 9.35. The molecule has 8 nitrogen and oxygen atoms in total. The Hall–Kier alpha value is -3.53. The van der Waals surface area contributed by atoms with Crippen LogP contribution in [-0.4, -0.2) is 39.4 Å². The number of benzene rings is 3. The topological polar surface area (TPSA) is 98.1 Å². The molecule has 4 rings (SSSR count). The minimum Gasteiger partial charge on any atom is -0.497 e. The molecule has 2 amide bonds. The van der Waals surface area contributed by atoms with Crippen LogP contribution in [0.3, 0.4) is 0 Å². The van der Waals surface area contributed by atoms with E-state index in [1.165, 1.54) is 17.8 Å². The number of methoxy groups -OCH3 is 1. The number of aromatic nitrogens is 3. The van der Waals surface area contributed by atoms with E-state index in [0.29, 0.717) is 38.0 Å². The molecule has 36 heavy (non-hydrogen) atoms. The lowest BCUT2D eigenvalue weighted by Crippen LogP contribution is -2.14. The van der Waals surface area contributed by atoms with Crippen LogP contribution in [0.2, 0.25) is 10.0 Å². The number of nitrogens with one attached hydrogen (secondary N) is 2. The first-order chi connectivity index (χ1) is 17.3. The Morgan fingerprint density at radius 2 is 1.58 bits per heavy atom. The molecule has 0 spiro atoms. The third-order valence-corrected chi connectivity index (χ3v) is 6.88. The summed E-state index contributed by atoms with van der Waals surface area (Å²) in [5, 5.41) is 15.4. The highest BCUT2D eigenvalue weighted by Gasteiger charge is 2.14. The molecule has 0 aliphatic rings. The van der Waals surface area contributed by atoms with Crippen molar-refractivity contribution in [3.63, 3.8) is 0 Å². The molecule has 0 saturated carbocycles. The van der Waals surface area contributed by atoms with Crippen molar-refractivity contribution in [3.05, 3.63) is 82.3 Å². The van der Waals surface area contributed by atoms with E-state index >= 15 is 0 Å². The fourth-order valence-electron chi connectivity index (χ4n) is 3.24. The number of nitrogens with zero attached hydrogens (tertiary/aromatic N) is 3. The van der Waals surface area contributed by atoms with Crippen LogP contribution in [0.4, 0.5) is 11.4 Å². The van der Waals surface area contributed by atoms with Gasteiger partial charge in [-0.2, -0.15) is 0 Å². The number of carbonyl (C=O) groups is 2. The van der Waals surface area contributed by atoms with Crippen LogP contribution in [0, 0.1) is 0 Å². The molecule has 0 unspecified atom stereocenters. The highest BCUT2D eigenvalue weighted by Crippen LogP contribution is 2.26. The number of hydrogen-bond donors (Lipinski definition) is 2. The number of hydrogen-bond acceptors (Lipinski definition) is 6. The second-order valence-electron chi connectivity index (χ2n) is 7.59. The molecule has 0 saturated heterocycles. The van der Waals surface area contributed by atoms with E-state index in [9.17, 15) is 9.59 Å². The van der Waals surface area contributed by atoms with Gasteiger partial charge in [0, 0.05) is 29.5 Å². The van der Waals surface area contributed by atoms with Gasteiger partial charge < -0.3 is 19.9 Å². The number of thioether (sulfide) groups is 1. The number of halogens is 2. The highest BCUT2D eigenvalue weighted by molar-refractivity contribution is 7.99. The van der Waals surface area contributed by atoms with Crippen LogP contribution in [0.1, 0.15) is 10.4 Å². The maximum Gasteiger partial charge on any atom is 0.255 e. The fourth-order valence-corrected chi connectivity index (χ4v) is 4.25. The van der Waals surface area contributed by atoms with Crippen LogP contribution >= 0.6 is 35.0 Å². The molecule has 0 fully saturated rings. The summed E-state index contributed by atoms with van der Waals surface area (Å²) >= 11 is 13.2. The molecule has 3 aromatic carbocycles. The lowest BCUT2D eigenvalue weighted by molar-refractivity contribution is -0.113. The van der Waals surface area contributed by atoms with E-state index in [-0.39, 0.29) is 17.6 Å². The smallest absolute Gasteiger partial charge is 0.255 e.